The number of amides is 1. The molecule has 0 heterocycles. The molecule has 0 spiro atoms. The third-order valence-corrected chi connectivity index (χ3v) is 3.24. The summed E-state index contributed by atoms with van der Waals surface area (Å²) in [5, 5.41) is 0. The molecule has 0 fully saturated rings. The minimum Gasteiger partial charge on any atom is -0.493 e. The lowest BCUT2D eigenvalue weighted by molar-refractivity contribution is 0.1000. The number of rotatable bonds is 7. The van der Waals surface area contributed by atoms with Crippen molar-refractivity contribution in [2.24, 2.45) is 5.73 Å². The number of primary amides is 1. The third-order valence-electron chi connectivity index (χ3n) is 3.24. The largest absolute Gasteiger partial charge is 0.493 e. The zero-order valence-corrected chi connectivity index (χ0v) is 12.5. The van der Waals surface area contributed by atoms with Gasteiger partial charge >= 0.3 is 0 Å². The van der Waals surface area contributed by atoms with Gasteiger partial charge in [0.1, 0.15) is 6.61 Å². The Morgan fingerprint density at radius 1 is 1.14 bits per heavy atom. The fraction of sp³-hybridized carbons (Fsp3) is 0.167. The van der Waals surface area contributed by atoms with Crippen molar-refractivity contribution in [2.45, 2.75) is 13.0 Å². The zero-order chi connectivity index (χ0) is 15.9. The average Bonchev–Trinajstić information content (AvgIpc) is 2.54. The lowest BCUT2D eigenvalue weighted by atomic mass is 10.1. The third kappa shape index (κ3) is 3.88. The molecule has 2 aromatic carbocycles. The Balaban J connectivity index is 2.07. The van der Waals surface area contributed by atoms with Crippen LogP contribution >= 0.6 is 0 Å². The topological polar surface area (TPSA) is 61.5 Å². The van der Waals surface area contributed by atoms with E-state index in [4.69, 9.17) is 15.2 Å². The summed E-state index contributed by atoms with van der Waals surface area (Å²) in [5.41, 5.74) is 7.76. The van der Waals surface area contributed by atoms with Gasteiger partial charge < -0.3 is 15.2 Å². The van der Waals surface area contributed by atoms with Crippen LogP contribution in [-0.4, -0.2) is 13.0 Å². The number of benzene rings is 2. The normalized spacial score (nSPS) is 10.0. The summed E-state index contributed by atoms with van der Waals surface area (Å²) >= 11 is 0. The lowest BCUT2D eigenvalue weighted by Gasteiger charge is -2.12. The van der Waals surface area contributed by atoms with Crippen molar-refractivity contribution >= 4 is 5.91 Å². The zero-order valence-electron chi connectivity index (χ0n) is 12.5. The SMILES string of the molecule is C=CCc1ccc(OCc2ccc(C(N)=O)cc2)c(OC)c1. The Kier molecular flexibility index (Phi) is 5.20. The molecular formula is C18H19NO3. The summed E-state index contributed by atoms with van der Waals surface area (Å²) in [5.74, 6) is 0.925. The van der Waals surface area contributed by atoms with Crippen LogP contribution in [0, 0.1) is 0 Å². The van der Waals surface area contributed by atoms with Gasteiger partial charge in [0.15, 0.2) is 11.5 Å². The summed E-state index contributed by atoms with van der Waals surface area (Å²) in [6.07, 6.45) is 2.63. The first kappa shape index (κ1) is 15.6. The van der Waals surface area contributed by atoms with Crippen LogP contribution in [0.1, 0.15) is 21.5 Å². The van der Waals surface area contributed by atoms with Crippen molar-refractivity contribution in [1.29, 1.82) is 0 Å². The number of ether oxygens (including phenoxy) is 2. The summed E-state index contributed by atoms with van der Waals surface area (Å²) in [7, 11) is 1.61. The minimum absolute atomic E-state index is 0.385. The van der Waals surface area contributed by atoms with Gasteiger partial charge in [-0.1, -0.05) is 24.3 Å². The number of hydrogen-bond donors (Lipinski definition) is 1. The number of nitrogens with two attached hydrogens (primary N) is 1. The van der Waals surface area contributed by atoms with Gasteiger partial charge in [-0.25, -0.2) is 0 Å². The molecule has 0 radical (unpaired) electrons. The smallest absolute Gasteiger partial charge is 0.248 e. The summed E-state index contributed by atoms with van der Waals surface area (Å²) in [6.45, 7) is 4.11. The van der Waals surface area contributed by atoms with Crippen molar-refractivity contribution in [3.63, 3.8) is 0 Å². The van der Waals surface area contributed by atoms with Gasteiger partial charge in [-0.05, 0) is 41.8 Å². The monoisotopic (exact) mass is 297 g/mol. The second-order valence-corrected chi connectivity index (χ2v) is 4.83. The minimum atomic E-state index is -0.438. The van der Waals surface area contributed by atoms with Crippen LogP contribution in [0.5, 0.6) is 11.5 Å². The number of carbonyl (C=O) groups is 1. The summed E-state index contributed by atoms with van der Waals surface area (Å²) in [4.78, 5) is 11.0. The van der Waals surface area contributed by atoms with Crippen molar-refractivity contribution in [3.8, 4) is 11.5 Å². The fourth-order valence-electron chi connectivity index (χ4n) is 2.05. The maximum Gasteiger partial charge on any atom is 0.248 e. The molecule has 4 nitrogen and oxygen atoms in total. The lowest BCUT2D eigenvalue weighted by Crippen LogP contribution is -2.10. The van der Waals surface area contributed by atoms with Gasteiger partial charge in [0.2, 0.25) is 5.91 Å². The molecule has 1 amide bonds. The number of hydrogen-bond acceptors (Lipinski definition) is 3. The molecule has 0 aromatic heterocycles. The highest BCUT2D eigenvalue weighted by atomic mass is 16.5. The molecule has 0 aliphatic heterocycles. The Bertz CT molecular complexity index is 663. The number of carbonyl (C=O) groups excluding carboxylic acids is 1. The van der Waals surface area contributed by atoms with Crippen LogP contribution in [0.4, 0.5) is 0 Å². The molecule has 0 aliphatic rings. The first-order valence-electron chi connectivity index (χ1n) is 6.93. The van der Waals surface area contributed by atoms with Crippen molar-refractivity contribution in [2.75, 3.05) is 7.11 Å². The van der Waals surface area contributed by atoms with Crippen molar-refractivity contribution in [1.82, 2.24) is 0 Å². The molecule has 2 rings (SSSR count). The molecule has 0 atom stereocenters. The quantitative estimate of drug-likeness (QED) is 0.799. The highest BCUT2D eigenvalue weighted by molar-refractivity contribution is 5.92. The van der Waals surface area contributed by atoms with E-state index in [9.17, 15) is 4.79 Å². The second kappa shape index (κ2) is 7.31. The first-order valence-corrected chi connectivity index (χ1v) is 6.93. The van der Waals surface area contributed by atoms with E-state index in [2.05, 4.69) is 6.58 Å². The van der Waals surface area contributed by atoms with E-state index in [-0.39, 0.29) is 0 Å². The molecule has 0 saturated carbocycles. The molecule has 0 saturated heterocycles. The molecule has 4 heteroatoms. The van der Waals surface area contributed by atoms with Crippen LogP contribution in [0.2, 0.25) is 0 Å². The summed E-state index contributed by atoms with van der Waals surface area (Å²) < 4.78 is 11.1. The van der Waals surface area contributed by atoms with E-state index in [0.29, 0.717) is 23.7 Å². The van der Waals surface area contributed by atoms with Gasteiger partial charge in [-0.2, -0.15) is 0 Å². The predicted molar refractivity (Wildman–Crippen MR) is 86.2 cm³/mol. The Hall–Kier alpha value is -2.75. The number of allylic oxidation sites excluding steroid dienone is 1. The average molecular weight is 297 g/mol. The molecule has 2 N–H and O–H groups in total. The van der Waals surface area contributed by atoms with Gasteiger partial charge in [0.05, 0.1) is 7.11 Å². The van der Waals surface area contributed by atoms with Crippen LogP contribution in [0.15, 0.2) is 55.1 Å². The van der Waals surface area contributed by atoms with E-state index in [1.807, 2.05) is 36.4 Å². The van der Waals surface area contributed by atoms with E-state index >= 15 is 0 Å². The molecule has 0 unspecified atom stereocenters. The van der Waals surface area contributed by atoms with Gasteiger partial charge in [-0.3, -0.25) is 4.79 Å². The predicted octanol–water partition coefficient (Wildman–Crippen LogP) is 3.10. The summed E-state index contributed by atoms with van der Waals surface area (Å²) in [6, 6.07) is 12.8. The van der Waals surface area contributed by atoms with Crippen LogP contribution in [-0.2, 0) is 13.0 Å². The van der Waals surface area contributed by atoms with Crippen molar-refractivity contribution < 1.29 is 14.3 Å². The first-order chi connectivity index (χ1) is 10.6. The van der Waals surface area contributed by atoms with E-state index < -0.39 is 5.91 Å². The van der Waals surface area contributed by atoms with Crippen molar-refractivity contribution in [3.05, 3.63) is 71.8 Å². The Labute approximate surface area is 130 Å². The molecular weight excluding hydrogens is 278 g/mol. The number of methoxy groups -OCH3 is 1. The maximum atomic E-state index is 11.0. The Morgan fingerprint density at radius 2 is 1.82 bits per heavy atom. The van der Waals surface area contributed by atoms with Gasteiger partial charge in [0.25, 0.3) is 0 Å². The van der Waals surface area contributed by atoms with E-state index in [0.717, 1.165) is 17.5 Å². The van der Waals surface area contributed by atoms with E-state index in [1.165, 1.54) is 0 Å². The van der Waals surface area contributed by atoms with Crippen LogP contribution < -0.4 is 15.2 Å². The maximum absolute atomic E-state index is 11.0. The van der Waals surface area contributed by atoms with Gasteiger partial charge in [-0.15, -0.1) is 6.58 Å². The molecule has 22 heavy (non-hydrogen) atoms. The molecule has 0 bridgehead atoms. The molecule has 2 aromatic rings. The van der Waals surface area contributed by atoms with Crippen LogP contribution in [0.3, 0.4) is 0 Å². The molecule has 114 valence electrons. The Morgan fingerprint density at radius 3 is 2.41 bits per heavy atom. The standard InChI is InChI=1S/C18H19NO3/c1-3-4-13-7-10-16(17(11-13)21-2)22-12-14-5-8-15(9-6-14)18(19)20/h3,5-11H,1,4,12H2,2H3,(H2,19,20). The van der Waals surface area contributed by atoms with Crippen LogP contribution in [0.25, 0.3) is 0 Å². The highest BCUT2D eigenvalue weighted by Gasteiger charge is 2.06. The fourth-order valence-corrected chi connectivity index (χ4v) is 2.05. The van der Waals surface area contributed by atoms with Gasteiger partial charge in [0, 0.05) is 5.56 Å². The highest BCUT2D eigenvalue weighted by Crippen LogP contribution is 2.29. The molecule has 0 aliphatic carbocycles. The van der Waals surface area contributed by atoms with E-state index in [1.54, 1.807) is 19.2 Å². The second-order valence-electron chi connectivity index (χ2n) is 4.83.